The molecule has 0 aromatic heterocycles. The van der Waals surface area contributed by atoms with Crippen LogP contribution in [0.2, 0.25) is 10.0 Å². The Kier molecular flexibility index (Phi) is 3.98. The molecular weight excluding hydrogens is 283 g/mol. The Morgan fingerprint density at radius 3 is 2.53 bits per heavy atom. The van der Waals surface area contributed by atoms with Crippen molar-refractivity contribution >= 4 is 40.5 Å². The van der Waals surface area contributed by atoms with Crippen LogP contribution in [0.4, 0.5) is 11.4 Å². The summed E-state index contributed by atoms with van der Waals surface area (Å²) in [5.74, 6) is -0.358. The van der Waals surface area contributed by atoms with Gasteiger partial charge in [0, 0.05) is 16.4 Å². The Labute approximate surface area is 121 Å². The molecule has 19 heavy (non-hydrogen) atoms. The van der Waals surface area contributed by atoms with Gasteiger partial charge in [-0.1, -0.05) is 35.3 Å². The number of rotatable bonds is 2. The molecule has 0 fully saturated rings. The summed E-state index contributed by atoms with van der Waals surface area (Å²) >= 11 is 12.0. The second-order valence-electron chi connectivity index (χ2n) is 4.12. The number of hydrogen-bond acceptors (Lipinski definition) is 2. The van der Waals surface area contributed by atoms with Crippen molar-refractivity contribution in [2.75, 3.05) is 11.1 Å². The minimum atomic E-state index is -0.358. The quantitative estimate of drug-likeness (QED) is 0.818. The van der Waals surface area contributed by atoms with Crippen LogP contribution in [0, 0.1) is 6.92 Å². The number of nitrogens with one attached hydrogen (secondary N) is 1. The van der Waals surface area contributed by atoms with Crippen molar-refractivity contribution in [3.63, 3.8) is 0 Å². The number of benzene rings is 2. The van der Waals surface area contributed by atoms with E-state index in [-0.39, 0.29) is 11.5 Å². The summed E-state index contributed by atoms with van der Waals surface area (Å²) in [6, 6.07) is 10.2. The zero-order chi connectivity index (χ0) is 14.0. The molecular formula is C14H12Cl2N2O. The number of anilines is 2. The molecule has 0 saturated heterocycles. The highest BCUT2D eigenvalue weighted by molar-refractivity contribution is 6.35. The number of nitrogens with two attached hydrogens (primary N) is 1. The highest BCUT2D eigenvalue weighted by Crippen LogP contribution is 2.25. The molecule has 0 aliphatic rings. The van der Waals surface area contributed by atoms with Crippen molar-refractivity contribution in [1.29, 1.82) is 0 Å². The molecule has 5 heteroatoms. The van der Waals surface area contributed by atoms with E-state index >= 15 is 0 Å². The molecule has 0 bridgehead atoms. The first kappa shape index (κ1) is 13.7. The second-order valence-corrected chi connectivity index (χ2v) is 4.94. The highest BCUT2D eigenvalue weighted by atomic mass is 35.5. The van der Waals surface area contributed by atoms with Crippen molar-refractivity contribution < 1.29 is 4.79 Å². The van der Waals surface area contributed by atoms with E-state index in [2.05, 4.69) is 5.32 Å². The Morgan fingerprint density at radius 1 is 1.16 bits per heavy atom. The van der Waals surface area contributed by atoms with Crippen LogP contribution in [0.1, 0.15) is 15.9 Å². The summed E-state index contributed by atoms with van der Waals surface area (Å²) in [6.45, 7) is 1.89. The predicted octanol–water partition coefficient (Wildman–Crippen LogP) is 4.14. The average Bonchev–Trinajstić information content (AvgIpc) is 2.33. The largest absolute Gasteiger partial charge is 0.398 e. The number of aryl methyl sites for hydroxylation is 1. The smallest absolute Gasteiger partial charge is 0.259 e. The molecule has 0 spiro atoms. The first-order valence-electron chi connectivity index (χ1n) is 5.60. The maximum absolute atomic E-state index is 12.1. The lowest BCUT2D eigenvalue weighted by atomic mass is 10.1. The maximum Gasteiger partial charge on any atom is 0.259 e. The van der Waals surface area contributed by atoms with Crippen LogP contribution >= 0.6 is 23.2 Å². The first-order valence-corrected chi connectivity index (χ1v) is 6.36. The van der Waals surface area contributed by atoms with E-state index in [0.717, 1.165) is 5.56 Å². The van der Waals surface area contributed by atoms with E-state index in [1.807, 2.05) is 13.0 Å². The molecule has 0 atom stereocenters. The van der Waals surface area contributed by atoms with Gasteiger partial charge < -0.3 is 11.1 Å². The fraction of sp³-hybridized carbons (Fsp3) is 0.0714. The Balaban J connectivity index is 2.28. The van der Waals surface area contributed by atoms with E-state index in [9.17, 15) is 4.79 Å². The second kappa shape index (κ2) is 5.51. The summed E-state index contributed by atoms with van der Waals surface area (Å²) < 4.78 is 0. The van der Waals surface area contributed by atoms with E-state index in [0.29, 0.717) is 21.4 Å². The highest BCUT2D eigenvalue weighted by Gasteiger charge is 2.14. The van der Waals surface area contributed by atoms with Gasteiger partial charge in [-0.2, -0.15) is 0 Å². The van der Waals surface area contributed by atoms with Crippen LogP contribution in [0.3, 0.4) is 0 Å². The van der Waals surface area contributed by atoms with E-state index in [1.165, 1.54) is 0 Å². The molecule has 1 amide bonds. The topological polar surface area (TPSA) is 55.1 Å². The average molecular weight is 295 g/mol. The van der Waals surface area contributed by atoms with Crippen LogP contribution in [0.25, 0.3) is 0 Å². The van der Waals surface area contributed by atoms with Crippen molar-refractivity contribution in [1.82, 2.24) is 0 Å². The van der Waals surface area contributed by atoms with Gasteiger partial charge in [0.2, 0.25) is 0 Å². The van der Waals surface area contributed by atoms with Crippen molar-refractivity contribution in [3.05, 3.63) is 57.6 Å². The van der Waals surface area contributed by atoms with Gasteiger partial charge in [-0.15, -0.1) is 0 Å². The molecule has 2 rings (SSSR count). The normalized spacial score (nSPS) is 10.3. The molecule has 3 nitrogen and oxygen atoms in total. The third-order valence-corrected chi connectivity index (χ3v) is 3.42. The summed E-state index contributed by atoms with van der Waals surface area (Å²) in [4.78, 5) is 12.1. The van der Waals surface area contributed by atoms with Gasteiger partial charge >= 0.3 is 0 Å². The third kappa shape index (κ3) is 3.00. The van der Waals surface area contributed by atoms with Gasteiger partial charge in [0.1, 0.15) is 0 Å². The van der Waals surface area contributed by atoms with E-state index in [1.54, 1.807) is 30.3 Å². The molecule has 0 saturated carbocycles. The number of amides is 1. The van der Waals surface area contributed by atoms with Crippen molar-refractivity contribution in [2.45, 2.75) is 6.92 Å². The molecule has 0 heterocycles. The zero-order valence-electron chi connectivity index (χ0n) is 10.2. The van der Waals surface area contributed by atoms with Crippen molar-refractivity contribution in [3.8, 4) is 0 Å². The van der Waals surface area contributed by atoms with E-state index < -0.39 is 0 Å². The zero-order valence-corrected chi connectivity index (χ0v) is 11.7. The number of halogens is 2. The summed E-state index contributed by atoms with van der Waals surface area (Å²) in [6.07, 6.45) is 0. The third-order valence-electron chi connectivity index (χ3n) is 2.70. The number of carbonyl (C=O) groups is 1. The molecule has 0 aliphatic heterocycles. The molecule has 2 aromatic rings. The minimum absolute atomic E-state index is 0.265. The Hall–Kier alpha value is -1.71. The standard InChI is InChI=1S/C14H12Cl2N2O/c1-8-5-6-9(7-11(8)16)18-14(19)13-10(15)3-2-4-12(13)17/h2-7H,17H2,1H3,(H,18,19). The van der Waals surface area contributed by atoms with Crippen LogP contribution in [-0.2, 0) is 0 Å². The number of carbonyl (C=O) groups excluding carboxylic acids is 1. The van der Waals surface area contributed by atoms with Gasteiger partial charge in [0.15, 0.2) is 0 Å². The molecule has 3 N–H and O–H groups in total. The van der Waals surface area contributed by atoms with Gasteiger partial charge in [-0.3, -0.25) is 4.79 Å². The predicted molar refractivity (Wildman–Crippen MR) is 80.0 cm³/mol. The van der Waals surface area contributed by atoms with E-state index in [4.69, 9.17) is 28.9 Å². The van der Waals surface area contributed by atoms with Crippen LogP contribution in [-0.4, -0.2) is 5.91 Å². The molecule has 0 radical (unpaired) electrons. The monoisotopic (exact) mass is 294 g/mol. The first-order chi connectivity index (χ1) is 8.99. The molecule has 98 valence electrons. The van der Waals surface area contributed by atoms with Gasteiger partial charge in [0.25, 0.3) is 5.91 Å². The Bertz CT molecular complexity index is 621. The van der Waals surface area contributed by atoms with Crippen LogP contribution in [0.15, 0.2) is 36.4 Å². The summed E-state index contributed by atoms with van der Waals surface area (Å²) in [5.41, 5.74) is 7.90. The molecule has 2 aromatic carbocycles. The lowest BCUT2D eigenvalue weighted by Crippen LogP contribution is -2.14. The fourth-order valence-corrected chi connectivity index (χ4v) is 2.09. The SMILES string of the molecule is Cc1ccc(NC(=O)c2c(N)cccc2Cl)cc1Cl. The lowest BCUT2D eigenvalue weighted by molar-refractivity contribution is 0.102. The van der Waals surface area contributed by atoms with Gasteiger partial charge in [-0.05, 0) is 36.8 Å². The van der Waals surface area contributed by atoms with Crippen molar-refractivity contribution in [2.24, 2.45) is 0 Å². The fourth-order valence-electron chi connectivity index (χ4n) is 1.64. The van der Waals surface area contributed by atoms with Gasteiger partial charge in [0.05, 0.1) is 10.6 Å². The number of nitrogen functional groups attached to an aromatic ring is 1. The maximum atomic E-state index is 12.1. The molecule has 0 unspecified atom stereocenters. The summed E-state index contributed by atoms with van der Waals surface area (Å²) in [7, 11) is 0. The minimum Gasteiger partial charge on any atom is -0.398 e. The Morgan fingerprint density at radius 2 is 1.89 bits per heavy atom. The van der Waals surface area contributed by atoms with Gasteiger partial charge in [-0.25, -0.2) is 0 Å². The number of hydrogen-bond donors (Lipinski definition) is 2. The lowest BCUT2D eigenvalue weighted by Gasteiger charge is -2.10. The molecule has 0 aliphatic carbocycles. The summed E-state index contributed by atoms with van der Waals surface area (Å²) in [5, 5.41) is 3.62. The van der Waals surface area contributed by atoms with Crippen LogP contribution in [0.5, 0.6) is 0 Å². The van der Waals surface area contributed by atoms with Crippen LogP contribution < -0.4 is 11.1 Å².